The van der Waals surface area contributed by atoms with Crippen LogP contribution in [0.2, 0.25) is 0 Å². The van der Waals surface area contributed by atoms with E-state index in [0.717, 1.165) is 11.3 Å². The van der Waals surface area contributed by atoms with Crippen molar-refractivity contribution in [2.45, 2.75) is 13.3 Å². The van der Waals surface area contributed by atoms with Crippen LogP contribution in [0.5, 0.6) is 11.5 Å². The lowest BCUT2D eigenvalue weighted by Gasteiger charge is -2.04. The Morgan fingerprint density at radius 2 is 1.56 bits per heavy atom. The van der Waals surface area contributed by atoms with Crippen LogP contribution in [0.25, 0.3) is 6.08 Å². The van der Waals surface area contributed by atoms with Gasteiger partial charge in [-0.3, -0.25) is 9.59 Å². The fourth-order valence-electron chi connectivity index (χ4n) is 2.08. The van der Waals surface area contributed by atoms with Crippen molar-refractivity contribution in [3.63, 3.8) is 0 Å². The summed E-state index contributed by atoms with van der Waals surface area (Å²) in [5, 5.41) is 8.57. The Kier molecular flexibility index (Phi) is 6.77. The number of carbonyl (C=O) groups is 2. The Morgan fingerprint density at radius 1 is 0.960 bits per heavy atom. The smallest absolute Gasteiger partial charge is 0.306 e. The van der Waals surface area contributed by atoms with Gasteiger partial charge in [0.25, 0.3) is 0 Å². The first-order chi connectivity index (χ1) is 12.1. The summed E-state index contributed by atoms with van der Waals surface area (Å²) in [6.45, 7) is 2.62. The summed E-state index contributed by atoms with van der Waals surface area (Å²) in [6, 6.07) is 14.1. The minimum Gasteiger partial charge on any atom is -0.494 e. The van der Waals surface area contributed by atoms with Crippen molar-refractivity contribution in [3.05, 3.63) is 65.7 Å². The van der Waals surface area contributed by atoms with E-state index in [0.29, 0.717) is 17.9 Å². The molecule has 5 nitrogen and oxygen atoms in total. The highest BCUT2D eigenvalue weighted by atomic mass is 16.5. The van der Waals surface area contributed by atoms with E-state index in [1.807, 2.05) is 6.92 Å². The molecule has 0 fully saturated rings. The number of carboxylic acid groups (broad SMARTS) is 1. The number of carbonyl (C=O) groups excluding carboxylic acids is 1. The molecule has 0 spiro atoms. The molecule has 2 rings (SSSR count). The normalized spacial score (nSPS) is 10.6. The van der Waals surface area contributed by atoms with Crippen LogP contribution in [-0.4, -0.2) is 30.1 Å². The third-order valence-corrected chi connectivity index (χ3v) is 3.34. The maximum Gasteiger partial charge on any atom is 0.306 e. The van der Waals surface area contributed by atoms with Gasteiger partial charge < -0.3 is 14.6 Å². The van der Waals surface area contributed by atoms with Crippen LogP contribution in [0, 0.1) is 0 Å². The van der Waals surface area contributed by atoms with Crippen molar-refractivity contribution < 1.29 is 24.2 Å². The summed E-state index contributed by atoms with van der Waals surface area (Å²) < 4.78 is 10.7. The number of hydrogen-bond acceptors (Lipinski definition) is 4. The van der Waals surface area contributed by atoms with Gasteiger partial charge in [-0.05, 0) is 55.0 Å². The fraction of sp³-hybridized carbons (Fsp3) is 0.200. The second kappa shape index (κ2) is 9.27. The second-order valence-electron chi connectivity index (χ2n) is 5.22. The average molecular weight is 340 g/mol. The first-order valence-electron chi connectivity index (χ1n) is 7.98. The van der Waals surface area contributed by atoms with Crippen LogP contribution in [0.3, 0.4) is 0 Å². The maximum absolute atomic E-state index is 12.2. The highest BCUT2D eigenvalue weighted by molar-refractivity contribution is 6.06. The van der Waals surface area contributed by atoms with Crippen molar-refractivity contribution in [2.24, 2.45) is 0 Å². The number of aliphatic carboxylic acids is 1. The van der Waals surface area contributed by atoms with Gasteiger partial charge in [0.1, 0.15) is 11.5 Å². The molecule has 0 bridgehead atoms. The van der Waals surface area contributed by atoms with Crippen LogP contribution < -0.4 is 9.47 Å². The fourth-order valence-corrected chi connectivity index (χ4v) is 2.08. The van der Waals surface area contributed by atoms with Gasteiger partial charge in [0.2, 0.25) is 0 Å². The largest absolute Gasteiger partial charge is 0.494 e. The summed E-state index contributed by atoms with van der Waals surface area (Å²) in [5.41, 5.74) is 1.44. The van der Waals surface area contributed by atoms with Crippen molar-refractivity contribution in [3.8, 4) is 11.5 Å². The Balaban J connectivity index is 1.91. The van der Waals surface area contributed by atoms with Gasteiger partial charge in [0.05, 0.1) is 19.6 Å². The molecule has 1 N–H and O–H groups in total. The van der Waals surface area contributed by atoms with Crippen molar-refractivity contribution >= 4 is 17.8 Å². The SMILES string of the molecule is CCOc1ccc(C(=O)/C=C/c2ccc(OCCC(=O)O)cc2)cc1. The molecule has 0 aliphatic carbocycles. The summed E-state index contributed by atoms with van der Waals surface area (Å²) in [5.74, 6) is 0.343. The number of rotatable bonds is 9. The van der Waals surface area contributed by atoms with E-state index < -0.39 is 5.97 Å². The summed E-state index contributed by atoms with van der Waals surface area (Å²) in [7, 11) is 0. The molecule has 0 aliphatic heterocycles. The molecule has 0 unspecified atom stereocenters. The molecular formula is C20H20O5. The van der Waals surface area contributed by atoms with Gasteiger partial charge in [-0.1, -0.05) is 18.2 Å². The van der Waals surface area contributed by atoms with E-state index in [2.05, 4.69) is 0 Å². The van der Waals surface area contributed by atoms with E-state index in [1.54, 1.807) is 54.6 Å². The number of benzene rings is 2. The number of ketones is 1. The third-order valence-electron chi connectivity index (χ3n) is 3.34. The zero-order valence-electron chi connectivity index (χ0n) is 14.0. The molecule has 0 saturated heterocycles. The van der Waals surface area contributed by atoms with E-state index in [1.165, 1.54) is 6.08 Å². The standard InChI is InChI=1S/C20H20O5/c1-2-24-17-10-6-16(7-11-17)19(21)12-5-15-3-8-18(9-4-15)25-14-13-20(22)23/h3-12H,2,13-14H2,1H3,(H,22,23)/b12-5+. The zero-order chi connectivity index (χ0) is 18.1. The van der Waals surface area contributed by atoms with Crippen molar-refractivity contribution in [1.82, 2.24) is 0 Å². The lowest BCUT2D eigenvalue weighted by atomic mass is 10.1. The summed E-state index contributed by atoms with van der Waals surface area (Å²) in [4.78, 5) is 22.6. The molecule has 0 amide bonds. The monoisotopic (exact) mass is 340 g/mol. The number of allylic oxidation sites excluding steroid dienone is 1. The molecule has 0 atom stereocenters. The van der Waals surface area contributed by atoms with E-state index in [-0.39, 0.29) is 18.8 Å². The van der Waals surface area contributed by atoms with Crippen molar-refractivity contribution in [1.29, 1.82) is 0 Å². The van der Waals surface area contributed by atoms with E-state index >= 15 is 0 Å². The van der Waals surface area contributed by atoms with Gasteiger partial charge in [0.15, 0.2) is 5.78 Å². The van der Waals surface area contributed by atoms with Gasteiger partial charge in [0, 0.05) is 5.56 Å². The molecule has 0 aliphatic rings. The third kappa shape index (κ3) is 6.14. The maximum atomic E-state index is 12.2. The molecule has 130 valence electrons. The molecule has 0 radical (unpaired) electrons. The van der Waals surface area contributed by atoms with Crippen LogP contribution in [-0.2, 0) is 4.79 Å². The summed E-state index contributed by atoms with van der Waals surface area (Å²) >= 11 is 0. The quantitative estimate of drug-likeness (QED) is 0.555. The minimum atomic E-state index is -0.896. The predicted molar refractivity (Wildman–Crippen MR) is 95.2 cm³/mol. The van der Waals surface area contributed by atoms with E-state index in [4.69, 9.17) is 14.6 Å². The molecule has 2 aromatic carbocycles. The number of ether oxygens (including phenoxy) is 2. The number of carboxylic acids is 1. The molecule has 5 heteroatoms. The Labute approximate surface area is 146 Å². The predicted octanol–water partition coefficient (Wildman–Crippen LogP) is 3.83. The molecule has 25 heavy (non-hydrogen) atoms. The molecule has 0 aromatic heterocycles. The molecule has 0 saturated carbocycles. The highest BCUT2D eigenvalue weighted by Gasteiger charge is 2.02. The lowest BCUT2D eigenvalue weighted by molar-refractivity contribution is -0.137. The van der Waals surface area contributed by atoms with Crippen LogP contribution >= 0.6 is 0 Å². The van der Waals surface area contributed by atoms with Crippen LogP contribution in [0.15, 0.2) is 54.6 Å². The lowest BCUT2D eigenvalue weighted by Crippen LogP contribution is -2.04. The van der Waals surface area contributed by atoms with Gasteiger partial charge >= 0.3 is 5.97 Å². The Bertz CT molecular complexity index is 730. The van der Waals surface area contributed by atoms with Crippen LogP contribution in [0.4, 0.5) is 0 Å². The van der Waals surface area contributed by atoms with Crippen molar-refractivity contribution in [2.75, 3.05) is 13.2 Å². The topological polar surface area (TPSA) is 72.8 Å². The second-order valence-corrected chi connectivity index (χ2v) is 5.22. The molecule has 2 aromatic rings. The van der Waals surface area contributed by atoms with Crippen LogP contribution in [0.1, 0.15) is 29.3 Å². The highest BCUT2D eigenvalue weighted by Crippen LogP contribution is 2.15. The van der Waals surface area contributed by atoms with E-state index in [9.17, 15) is 9.59 Å². The summed E-state index contributed by atoms with van der Waals surface area (Å²) in [6.07, 6.45) is 3.19. The minimum absolute atomic E-state index is 0.0434. The molecule has 0 heterocycles. The Hall–Kier alpha value is -3.08. The van der Waals surface area contributed by atoms with Gasteiger partial charge in [-0.25, -0.2) is 0 Å². The molecular weight excluding hydrogens is 320 g/mol. The Morgan fingerprint density at radius 3 is 2.16 bits per heavy atom. The van der Waals surface area contributed by atoms with Gasteiger partial charge in [-0.2, -0.15) is 0 Å². The number of hydrogen-bond donors (Lipinski definition) is 1. The zero-order valence-corrected chi connectivity index (χ0v) is 14.0. The first-order valence-corrected chi connectivity index (χ1v) is 7.98. The first kappa shape index (κ1) is 18.3. The average Bonchev–Trinajstić information content (AvgIpc) is 2.61. The van der Waals surface area contributed by atoms with Gasteiger partial charge in [-0.15, -0.1) is 0 Å².